The van der Waals surface area contributed by atoms with Gasteiger partial charge in [0.2, 0.25) is 5.91 Å². The van der Waals surface area contributed by atoms with Crippen molar-refractivity contribution in [2.75, 3.05) is 11.1 Å². The van der Waals surface area contributed by atoms with Crippen LogP contribution < -0.4 is 11.1 Å². The lowest BCUT2D eigenvalue weighted by Crippen LogP contribution is -2.21. The van der Waals surface area contributed by atoms with Gasteiger partial charge in [0.1, 0.15) is 24.1 Å². The van der Waals surface area contributed by atoms with E-state index in [1.807, 2.05) is 0 Å². The number of amides is 1. The van der Waals surface area contributed by atoms with Gasteiger partial charge >= 0.3 is 0 Å². The number of anilines is 2. The number of benzene rings is 1. The molecule has 0 saturated heterocycles. The van der Waals surface area contributed by atoms with E-state index in [9.17, 15) is 14.4 Å². The zero-order chi connectivity index (χ0) is 17.5. The molecule has 2 aromatic rings. The molecule has 0 radical (unpaired) electrons. The van der Waals surface area contributed by atoms with Gasteiger partial charge in [-0.1, -0.05) is 19.8 Å². The van der Waals surface area contributed by atoms with E-state index in [1.165, 1.54) is 24.3 Å². The van der Waals surface area contributed by atoms with Crippen LogP contribution in [-0.2, 0) is 17.8 Å². The molecule has 0 saturated carbocycles. The largest absolute Gasteiger partial charge is 0.397 e. The van der Waals surface area contributed by atoms with E-state index in [-0.39, 0.29) is 18.3 Å². The van der Waals surface area contributed by atoms with Crippen LogP contribution in [0.2, 0.25) is 0 Å². The number of carbonyl (C=O) groups excluding carboxylic acids is 1. The molecule has 126 valence electrons. The van der Waals surface area contributed by atoms with Gasteiger partial charge in [-0.2, -0.15) is 5.26 Å². The van der Waals surface area contributed by atoms with Crippen LogP contribution in [0.15, 0.2) is 30.3 Å². The van der Waals surface area contributed by atoms with Gasteiger partial charge in [-0.3, -0.25) is 4.79 Å². The van der Waals surface area contributed by atoms with E-state index in [2.05, 4.69) is 18.3 Å². The molecule has 5 nitrogen and oxygen atoms in total. The zero-order valence-corrected chi connectivity index (χ0v) is 13.7. The van der Waals surface area contributed by atoms with Gasteiger partial charge in [-0.05, 0) is 43.2 Å². The van der Waals surface area contributed by atoms with Crippen molar-refractivity contribution in [2.24, 2.45) is 0 Å². The number of nitrogens with two attached hydrogens (primary N) is 1. The van der Waals surface area contributed by atoms with Crippen LogP contribution in [0.4, 0.5) is 15.8 Å². The number of halogens is 1. The summed E-state index contributed by atoms with van der Waals surface area (Å²) in [5.41, 5.74) is 8.23. The van der Waals surface area contributed by atoms with Crippen LogP contribution in [0.25, 0.3) is 0 Å². The van der Waals surface area contributed by atoms with Crippen LogP contribution >= 0.6 is 0 Å². The Balaban J connectivity index is 2.13. The Morgan fingerprint density at radius 2 is 2.04 bits per heavy atom. The monoisotopic (exact) mass is 328 g/mol. The molecule has 1 aromatic heterocycles. The average Bonchev–Trinajstić information content (AvgIpc) is 2.85. The number of unbranched alkanes of at least 4 members (excludes halogenated alkanes) is 2. The lowest BCUT2D eigenvalue weighted by atomic mass is 10.1. The molecule has 0 spiro atoms. The van der Waals surface area contributed by atoms with Crippen molar-refractivity contribution in [3.63, 3.8) is 0 Å². The van der Waals surface area contributed by atoms with E-state index >= 15 is 0 Å². The second-order valence-corrected chi connectivity index (χ2v) is 5.64. The summed E-state index contributed by atoms with van der Waals surface area (Å²) in [7, 11) is 0. The predicted molar refractivity (Wildman–Crippen MR) is 91.8 cm³/mol. The Morgan fingerprint density at radius 1 is 1.33 bits per heavy atom. The van der Waals surface area contributed by atoms with E-state index in [4.69, 9.17) is 5.73 Å². The second kappa shape index (κ2) is 8.16. The molecule has 24 heavy (non-hydrogen) atoms. The highest BCUT2D eigenvalue weighted by Gasteiger charge is 2.15. The highest BCUT2D eigenvalue weighted by Crippen LogP contribution is 2.21. The van der Waals surface area contributed by atoms with E-state index in [0.717, 1.165) is 31.4 Å². The summed E-state index contributed by atoms with van der Waals surface area (Å²) in [4.78, 5) is 12.3. The summed E-state index contributed by atoms with van der Waals surface area (Å²) >= 11 is 0. The third kappa shape index (κ3) is 4.35. The van der Waals surface area contributed by atoms with Crippen LogP contribution in [0.1, 0.15) is 37.6 Å². The smallest absolute Gasteiger partial charge is 0.244 e. The van der Waals surface area contributed by atoms with Gasteiger partial charge < -0.3 is 15.6 Å². The Kier molecular flexibility index (Phi) is 5.96. The molecule has 0 aliphatic rings. The number of hydrogen-bond donors (Lipinski definition) is 2. The number of nitrogens with one attached hydrogen (secondary N) is 1. The van der Waals surface area contributed by atoms with E-state index < -0.39 is 0 Å². The predicted octanol–water partition coefficient (Wildman–Crippen LogP) is 3.45. The molecular formula is C18H21FN4O. The number of nitriles is 1. The second-order valence-electron chi connectivity index (χ2n) is 5.64. The maximum atomic E-state index is 12.9. The summed E-state index contributed by atoms with van der Waals surface area (Å²) in [6.07, 6.45) is 3.82. The van der Waals surface area contributed by atoms with Crippen LogP contribution in [0, 0.1) is 17.1 Å². The fourth-order valence-corrected chi connectivity index (χ4v) is 2.58. The summed E-state index contributed by atoms with van der Waals surface area (Å²) in [5, 5.41) is 12.0. The first kappa shape index (κ1) is 17.5. The molecule has 0 unspecified atom stereocenters. The summed E-state index contributed by atoms with van der Waals surface area (Å²) in [6.45, 7) is 2.11. The number of rotatable bonds is 7. The Morgan fingerprint density at radius 3 is 2.67 bits per heavy atom. The highest BCUT2D eigenvalue weighted by molar-refractivity contribution is 5.90. The Labute approximate surface area is 140 Å². The summed E-state index contributed by atoms with van der Waals surface area (Å²) in [6, 6.07) is 9.22. The SMILES string of the molecule is CCCCCc1c(N)cc(C#N)n1CC(=O)Nc1ccc(F)cc1. The van der Waals surface area contributed by atoms with Crippen molar-refractivity contribution in [3.05, 3.63) is 47.5 Å². The van der Waals surface area contributed by atoms with Gasteiger partial charge in [0.15, 0.2) is 0 Å². The van der Waals surface area contributed by atoms with Crippen LogP contribution in [0.5, 0.6) is 0 Å². The first-order valence-corrected chi connectivity index (χ1v) is 7.98. The normalized spacial score (nSPS) is 10.4. The third-order valence-electron chi connectivity index (χ3n) is 3.80. The number of nitrogens with zero attached hydrogens (tertiary/aromatic N) is 2. The molecule has 1 amide bonds. The maximum Gasteiger partial charge on any atom is 0.244 e. The van der Waals surface area contributed by atoms with Gasteiger partial charge in [0.25, 0.3) is 0 Å². The van der Waals surface area contributed by atoms with Gasteiger partial charge in [0.05, 0.1) is 5.69 Å². The first-order chi connectivity index (χ1) is 11.5. The van der Waals surface area contributed by atoms with Gasteiger partial charge in [0, 0.05) is 11.4 Å². The molecule has 0 aliphatic heterocycles. The van der Waals surface area contributed by atoms with E-state index in [1.54, 1.807) is 10.6 Å². The topological polar surface area (TPSA) is 83.8 Å². The van der Waals surface area contributed by atoms with Crippen molar-refractivity contribution in [1.82, 2.24) is 4.57 Å². The minimum Gasteiger partial charge on any atom is -0.397 e. The van der Waals surface area contributed by atoms with Crippen molar-refractivity contribution in [2.45, 2.75) is 39.2 Å². The minimum atomic E-state index is -0.365. The molecule has 1 aromatic carbocycles. The van der Waals surface area contributed by atoms with Crippen LogP contribution in [-0.4, -0.2) is 10.5 Å². The molecule has 0 fully saturated rings. The number of nitrogen functional groups attached to an aromatic ring is 1. The average molecular weight is 328 g/mol. The molecule has 3 N–H and O–H groups in total. The van der Waals surface area contributed by atoms with Crippen molar-refractivity contribution in [1.29, 1.82) is 5.26 Å². The molecule has 0 atom stereocenters. The van der Waals surface area contributed by atoms with Crippen LogP contribution in [0.3, 0.4) is 0 Å². The lowest BCUT2D eigenvalue weighted by molar-refractivity contribution is -0.116. The Hall–Kier alpha value is -2.81. The van der Waals surface area contributed by atoms with Crippen molar-refractivity contribution >= 4 is 17.3 Å². The third-order valence-corrected chi connectivity index (χ3v) is 3.80. The quantitative estimate of drug-likeness (QED) is 0.764. The summed E-state index contributed by atoms with van der Waals surface area (Å²) in [5.74, 6) is -0.651. The number of carbonyl (C=O) groups is 1. The fourth-order valence-electron chi connectivity index (χ4n) is 2.58. The molecule has 0 aliphatic carbocycles. The number of hydrogen-bond acceptors (Lipinski definition) is 3. The molecule has 6 heteroatoms. The minimum absolute atomic E-state index is 0.00106. The molecule has 1 heterocycles. The highest BCUT2D eigenvalue weighted by atomic mass is 19.1. The number of aromatic nitrogens is 1. The van der Waals surface area contributed by atoms with E-state index in [0.29, 0.717) is 17.1 Å². The van der Waals surface area contributed by atoms with Crippen molar-refractivity contribution in [3.8, 4) is 6.07 Å². The molecule has 2 rings (SSSR count). The van der Waals surface area contributed by atoms with Gasteiger partial charge in [-0.25, -0.2) is 4.39 Å². The maximum absolute atomic E-state index is 12.9. The Bertz CT molecular complexity index is 744. The lowest BCUT2D eigenvalue weighted by Gasteiger charge is -2.12. The molecular weight excluding hydrogens is 307 g/mol. The van der Waals surface area contributed by atoms with Gasteiger partial charge in [-0.15, -0.1) is 0 Å². The summed E-state index contributed by atoms with van der Waals surface area (Å²) < 4.78 is 14.6. The molecule has 0 bridgehead atoms. The van der Waals surface area contributed by atoms with Crippen molar-refractivity contribution < 1.29 is 9.18 Å². The zero-order valence-electron chi connectivity index (χ0n) is 13.7. The first-order valence-electron chi connectivity index (χ1n) is 7.98. The standard InChI is InChI=1S/C18H21FN4O/c1-2-3-4-5-17-16(21)10-15(11-20)23(17)12-18(24)22-14-8-6-13(19)7-9-14/h6-10H,2-5,12,21H2,1H3,(H,22,24). The fraction of sp³-hybridized carbons (Fsp3) is 0.333.